The van der Waals surface area contributed by atoms with Gasteiger partial charge in [0.05, 0.1) is 7.11 Å². The minimum atomic E-state index is -3.71. The van der Waals surface area contributed by atoms with Gasteiger partial charge in [-0.3, -0.25) is 0 Å². The zero-order valence-corrected chi connectivity index (χ0v) is 12.8. The molecule has 1 unspecified atom stereocenters. The van der Waals surface area contributed by atoms with Gasteiger partial charge in [-0.05, 0) is 44.4 Å². The van der Waals surface area contributed by atoms with E-state index in [0.717, 1.165) is 5.56 Å². The first-order valence-electron chi connectivity index (χ1n) is 6.39. The lowest BCUT2D eigenvalue weighted by Gasteiger charge is -2.16. The van der Waals surface area contributed by atoms with Crippen LogP contribution >= 0.6 is 0 Å². The van der Waals surface area contributed by atoms with E-state index >= 15 is 0 Å². The molecule has 0 fully saturated rings. The smallest absolute Gasteiger partial charge is 0.244 e. The number of sulfonamides is 1. The minimum Gasteiger partial charge on any atom is -0.495 e. The zero-order chi connectivity index (χ0) is 15.3. The first-order valence-corrected chi connectivity index (χ1v) is 7.87. The molecule has 0 amide bonds. The Bertz CT molecular complexity index is 558. The van der Waals surface area contributed by atoms with E-state index < -0.39 is 10.0 Å². The average Bonchev–Trinajstić information content (AvgIpc) is 2.38. The summed E-state index contributed by atoms with van der Waals surface area (Å²) in [6, 6.07) is 2.72. The molecule has 0 aliphatic heterocycles. The molecule has 0 spiro atoms. The van der Waals surface area contributed by atoms with Crippen LogP contribution in [0.2, 0.25) is 0 Å². The quantitative estimate of drug-likeness (QED) is 0.653. The maximum Gasteiger partial charge on any atom is 0.244 e. The van der Waals surface area contributed by atoms with E-state index in [1.807, 2.05) is 0 Å². The fourth-order valence-electron chi connectivity index (χ4n) is 1.83. The highest BCUT2D eigenvalue weighted by molar-refractivity contribution is 7.89. The molecule has 7 heteroatoms. The number of aliphatic hydroxyl groups is 1. The Kier molecular flexibility index (Phi) is 5.79. The number of rotatable bonds is 7. The second-order valence-corrected chi connectivity index (χ2v) is 6.43. The SMILES string of the molecule is COc1cc(C)c(N)cc1S(=O)(=O)NC(C)CCCO. The molecule has 6 nitrogen and oxygen atoms in total. The minimum absolute atomic E-state index is 0.0268. The van der Waals surface area contributed by atoms with Crippen LogP contribution < -0.4 is 15.2 Å². The highest BCUT2D eigenvalue weighted by Gasteiger charge is 2.22. The monoisotopic (exact) mass is 302 g/mol. The van der Waals surface area contributed by atoms with Crippen molar-refractivity contribution in [1.29, 1.82) is 0 Å². The summed E-state index contributed by atoms with van der Waals surface area (Å²) >= 11 is 0. The van der Waals surface area contributed by atoms with Crippen LogP contribution in [-0.2, 0) is 10.0 Å². The number of hydrogen-bond donors (Lipinski definition) is 3. The third kappa shape index (κ3) is 4.09. The van der Waals surface area contributed by atoms with Crippen LogP contribution in [0.15, 0.2) is 17.0 Å². The molecule has 1 aromatic carbocycles. The van der Waals surface area contributed by atoms with E-state index in [4.69, 9.17) is 15.6 Å². The lowest BCUT2D eigenvalue weighted by atomic mass is 10.2. The molecule has 0 saturated heterocycles. The zero-order valence-electron chi connectivity index (χ0n) is 12.0. The molecule has 4 N–H and O–H groups in total. The lowest BCUT2D eigenvalue weighted by molar-refractivity contribution is 0.279. The van der Waals surface area contributed by atoms with Crippen molar-refractivity contribution in [2.45, 2.75) is 37.6 Å². The molecule has 1 atom stereocenters. The van der Waals surface area contributed by atoms with Gasteiger partial charge < -0.3 is 15.6 Å². The predicted octanol–water partition coefficient (Wildman–Crippen LogP) is 1.03. The van der Waals surface area contributed by atoms with Gasteiger partial charge in [-0.15, -0.1) is 0 Å². The van der Waals surface area contributed by atoms with E-state index in [0.29, 0.717) is 18.5 Å². The van der Waals surface area contributed by atoms with Gasteiger partial charge in [-0.2, -0.15) is 0 Å². The standard InChI is InChI=1S/C13H22N2O4S/c1-9-7-12(19-3)13(8-11(9)14)20(17,18)15-10(2)5-4-6-16/h7-8,10,15-16H,4-6,14H2,1-3H3. The largest absolute Gasteiger partial charge is 0.495 e. The molecule has 0 bridgehead atoms. The van der Waals surface area contributed by atoms with Crippen LogP contribution in [0, 0.1) is 6.92 Å². The third-order valence-corrected chi connectivity index (χ3v) is 4.60. The van der Waals surface area contributed by atoms with Gasteiger partial charge in [0, 0.05) is 18.3 Å². The second kappa shape index (κ2) is 6.92. The fraction of sp³-hybridized carbons (Fsp3) is 0.538. The van der Waals surface area contributed by atoms with Crippen molar-refractivity contribution >= 4 is 15.7 Å². The number of nitrogens with two attached hydrogens (primary N) is 1. The highest BCUT2D eigenvalue weighted by atomic mass is 32.2. The van der Waals surface area contributed by atoms with Gasteiger partial charge >= 0.3 is 0 Å². The van der Waals surface area contributed by atoms with E-state index in [9.17, 15) is 8.42 Å². The van der Waals surface area contributed by atoms with Crippen molar-refractivity contribution in [2.75, 3.05) is 19.5 Å². The highest BCUT2D eigenvalue weighted by Crippen LogP contribution is 2.29. The number of ether oxygens (including phenoxy) is 1. The van der Waals surface area contributed by atoms with Crippen LogP contribution in [0.1, 0.15) is 25.3 Å². The number of aryl methyl sites for hydroxylation is 1. The number of methoxy groups -OCH3 is 1. The Morgan fingerprint density at radius 1 is 1.45 bits per heavy atom. The molecule has 114 valence electrons. The van der Waals surface area contributed by atoms with Gasteiger partial charge in [-0.1, -0.05) is 0 Å². The molecule has 0 aliphatic carbocycles. The first kappa shape index (κ1) is 16.7. The van der Waals surface area contributed by atoms with Crippen molar-refractivity contribution in [3.63, 3.8) is 0 Å². The van der Waals surface area contributed by atoms with E-state index in [1.54, 1.807) is 19.9 Å². The summed E-state index contributed by atoms with van der Waals surface area (Å²) in [6.07, 6.45) is 1.09. The molecule has 0 aromatic heterocycles. The Labute approximate surface area is 120 Å². The molecule has 0 saturated carbocycles. The number of benzene rings is 1. The summed E-state index contributed by atoms with van der Waals surface area (Å²) < 4.78 is 32.3. The van der Waals surface area contributed by atoms with Gasteiger partial charge in [0.1, 0.15) is 10.6 Å². The third-order valence-electron chi connectivity index (χ3n) is 2.99. The normalized spacial score (nSPS) is 13.2. The van der Waals surface area contributed by atoms with Crippen molar-refractivity contribution in [3.8, 4) is 5.75 Å². The van der Waals surface area contributed by atoms with E-state index in [2.05, 4.69) is 4.72 Å². The number of aliphatic hydroxyl groups excluding tert-OH is 1. The number of hydrogen-bond acceptors (Lipinski definition) is 5. The Hall–Kier alpha value is -1.31. The maximum atomic E-state index is 12.3. The van der Waals surface area contributed by atoms with Crippen molar-refractivity contribution < 1.29 is 18.3 Å². The Morgan fingerprint density at radius 2 is 2.10 bits per heavy atom. The topological polar surface area (TPSA) is 102 Å². The summed E-state index contributed by atoms with van der Waals surface area (Å²) in [5.41, 5.74) is 6.93. The van der Waals surface area contributed by atoms with Gasteiger partial charge in [0.2, 0.25) is 10.0 Å². The van der Waals surface area contributed by atoms with Crippen molar-refractivity contribution in [2.24, 2.45) is 0 Å². The average molecular weight is 302 g/mol. The van der Waals surface area contributed by atoms with Gasteiger partial charge in [0.15, 0.2) is 0 Å². The summed E-state index contributed by atoms with van der Waals surface area (Å²) in [6.45, 7) is 3.57. The van der Waals surface area contributed by atoms with Gasteiger partial charge in [0.25, 0.3) is 0 Å². The van der Waals surface area contributed by atoms with Crippen molar-refractivity contribution in [1.82, 2.24) is 4.72 Å². The van der Waals surface area contributed by atoms with Gasteiger partial charge in [-0.25, -0.2) is 13.1 Å². The summed E-state index contributed by atoms with van der Waals surface area (Å²) in [7, 11) is -2.29. The van der Waals surface area contributed by atoms with E-state index in [-0.39, 0.29) is 23.3 Å². The lowest BCUT2D eigenvalue weighted by Crippen LogP contribution is -2.33. The van der Waals surface area contributed by atoms with Crippen LogP contribution in [0.3, 0.4) is 0 Å². The van der Waals surface area contributed by atoms with Crippen LogP contribution in [-0.4, -0.2) is 33.3 Å². The van der Waals surface area contributed by atoms with Crippen molar-refractivity contribution in [3.05, 3.63) is 17.7 Å². The van der Waals surface area contributed by atoms with Crippen LogP contribution in [0.4, 0.5) is 5.69 Å². The summed E-state index contributed by atoms with van der Waals surface area (Å²) in [5.74, 6) is 0.263. The molecule has 1 aromatic rings. The molecule has 0 radical (unpaired) electrons. The Morgan fingerprint density at radius 3 is 2.65 bits per heavy atom. The number of anilines is 1. The molecular formula is C13H22N2O4S. The molecule has 1 rings (SSSR count). The molecule has 0 heterocycles. The molecular weight excluding hydrogens is 280 g/mol. The van der Waals surface area contributed by atoms with Crippen LogP contribution in [0.5, 0.6) is 5.75 Å². The molecule has 20 heavy (non-hydrogen) atoms. The maximum absolute atomic E-state index is 12.3. The predicted molar refractivity (Wildman–Crippen MR) is 78.2 cm³/mol. The first-order chi connectivity index (χ1) is 9.31. The van der Waals surface area contributed by atoms with E-state index in [1.165, 1.54) is 13.2 Å². The number of nitrogen functional groups attached to an aromatic ring is 1. The Balaban J connectivity index is 3.06. The van der Waals surface area contributed by atoms with Crippen LogP contribution in [0.25, 0.3) is 0 Å². The summed E-state index contributed by atoms with van der Waals surface area (Å²) in [5, 5.41) is 8.77. The molecule has 0 aliphatic rings. The number of nitrogens with one attached hydrogen (secondary N) is 1. The second-order valence-electron chi connectivity index (χ2n) is 4.75. The summed E-state index contributed by atoms with van der Waals surface area (Å²) in [4.78, 5) is 0.0268. The fourth-order valence-corrected chi connectivity index (χ4v) is 3.30.